The van der Waals surface area contributed by atoms with Gasteiger partial charge >= 0.3 is 5.97 Å². The van der Waals surface area contributed by atoms with Gasteiger partial charge in [-0.05, 0) is 63.0 Å². The highest BCUT2D eigenvalue weighted by molar-refractivity contribution is 7.80. The number of ether oxygens (including phenoxy) is 1. The Hall–Kier alpha value is -2.71. The lowest BCUT2D eigenvalue weighted by atomic mass is 9.94. The lowest BCUT2D eigenvalue weighted by Crippen LogP contribution is -2.45. The molecule has 1 amide bonds. The van der Waals surface area contributed by atoms with E-state index >= 15 is 0 Å². The molecule has 164 valence electrons. The smallest absolute Gasteiger partial charge is 0.341 e. The summed E-state index contributed by atoms with van der Waals surface area (Å²) < 4.78 is 5.20. The summed E-state index contributed by atoms with van der Waals surface area (Å²) in [7, 11) is 0. The second kappa shape index (κ2) is 9.62. The summed E-state index contributed by atoms with van der Waals surface area (Å²) in [6, 6.07) is 7.73. The molecule has 6 nitrogen and oxygen atoms in total. The molecular formula is C23H27N3O3S2. The number of allylic oxidation sites excluding steroid dienone is 1. The van der Waals surface area contributed by atoms with Gasteiger partial charge in [0, 0.05) is 10.6 Å². The first-order valence-electron chi connectivity index (χ1n) is 10.2. The summed E-state index contributed by atoms with van der Waals surface area (Å²) in [5.41, 5.74) is 4.58. The van der Waals surface area contributed by atoms with Crippen LogP contribution in [0, 0.1) is 13.8 Å². The molecule has 1 atom stereocenters. The molecule has 1 aromatic heterocycles. The van der Waals surface area contributed by atoms with Crippen molar-refractivity contribution in [1.82, 2.24) is 10.6 Å². The van der Waals surface area contributed by atoms with Crippen molar-refractivity contribution in [2.75, 3.05) is 11.9 Å². The molecule has 3 rings (SSSR count). The third kappa shape index (κ3) is 4.80. The van der Waals surface area contributed by atoms with Crippen LogP contribution in [0.4, 0.5) is 5.00 Å². The molecule has 0 bridgehead atoms. The molecule has 3 N–H and O–H groups in total. The van der Waals surface area contributed by atoms with Gasteiger partial charge in [-0.1, -0.05) is 31.2 Å². The summed E-state index contributed by atoms with van der Waals surface area (Å²) in [6.45, 7) is 9.73. The number of carbonyl (C=O) groups is 2. The Morgan fingerprint density at radius 1 is 1.16 bits per heavy atom. The minimum absolute atomic E-state index is 0.270. The topological polar surface area (TPSA) is 79.5 Å². The van der Waals surface area contributed by atoms with E-state index in [1.165, 1.54) is 16.9 Å². The zero-order chi connectivity index (χ0) is 22.7. The van der Waals surface area contributed by atoms with Crippen molar-refractivity contribution in [2.45, 2.75) is 47.1 Å². The molecule has 1 aliphatic heterocycles. The van der Waals surface area contributed by atoms with Gasteiger partial charge in [-0.3, -0.25) is 4.79 Å². The summed E-state index contributed by atoms with van der Waals surface area (Å²) >= 11 is 6.70. The monoisotopic (exact) mass is 457 g/mol. The van der Waals surface area contributed by atoms with Gasteiger partial charge in [0.15, 0.2) is 5.11 Å². The molecule has 2 heterocycles. The van der Waals surface area contributed by atoms with E-state index in [1.54, 1.807) is 6.92 Å². The van der Waals surface area contributed by atoms with Crippen molar-refractivity contribution < 1.29 is 14.3 Å². The number of carbonyl (C=O) groups excluding carboxylic acids is 2. The van der Waals surface area contributed by atoms with Gasteiger partial charge in [0.2, 0.25) is 0 Å². The van der Waals surface area contributed by atoms with Crippen LogP contribution < -0.4 is 16.0 Å². The first-order chi connectivity index (χ1) is 14.8. The van der Waals surface area contributed by atoms with E-state index in [1.807, 2.05) is 32.9 Å². The fraction of sp³-hybridized carbons (Fsp3) is 0.348. The molecule has 0 saturated carbocycles. The average Bonchev–Trinajstić information content (AvgIpc) is 3.00. The molecule has 0 unspecified atom stereocenters. The average molecular weight is 458 g/mol. The molecule has 0 spiro atoms. The fourth-order valence-corrected chi connectivity index (χ4v) is 4.84. The van der Waals surface area contributed by atoms with Gasteiger partial charge < -0.3 is 20.7 Å². The Balaban J connectivity index is 1.97. The SMILES string of the molecule is CCOC(=O)c1c(NC(=O)C2=C(C)NC(=S)N[C@@H]2c2ccc(CC)cc2)sc(C)c1C. The number of esters is 1. The molecule has 0 fully saturated rings. The summed E-state index contributed by atoms with van der Waals surface area (Å²) in [5.74, 6) is -0.727. The lowest BCUT2D eigenvalue weighted by molar-refractivity contribution is -0.113. The van der Waals surface area contributed by atoms with Crippen molar-refractivity contribution in [3.63, 3.8) is 0 Å². The van der Waals surface area contributed by atoms with E-state index < -0.39 is 12.0 Å². The number of rotatable bonds is 6. The van der Waals surface area contributed by atoms with Crippen LogP contribution in [-0.2, 0) is 16.0 Å². The third-order valence-corrected chi connectivity index (χ3v) is 6.67. The Kier molecular flexibility index (Phi) is 7.12. The highest BCUT2D eigenvalue weighted by Crippen LogP contribution is 2.35. The second-order valence-corrected chi connectivity index (χ2v) is 8.96. The fourth-order valence-electron chi connectivity index (χ4n) is 3.53. The number of hydrogen-bond acceptors (Lipinski definition) is 5. The molecular weight excluding hydrogens is 430 g/mol. The maximum atomic E-state index is 13.4. The molecule has 8 heteroatoms. The van der Waals surface area contributed by atoms with Gasteiger partial charge in [0.1, 0.15) is 5.00 Å². The van der Waals surface area contributed by atoms with Crippen LogP contribution in [0.15, 0.2) is 35.5 Å². The van der Waals surface area contributed by atoms with Crippen molar-refractivity contribution in [1.29, 1.82) is 0 Å². The third-order valence-electron chi connectivity index (χ3n) is 5.33. The molecule has 1 aromatic carbocycles. The minimum Gasteiger partial charge on any atom is -0.462 e. The summed E-state index contributed by atoms with van der Waals surface area (Å²) in [6.07, 6.45) is 0.939. The first-order valence-corrected chi connectivity index (χ1v) is 11.4. The Morgan fingerprint density at radius 2 is 1.84 bits per heavy atom. The van der Waals surface area contributed by atoms with Crippen LogP contribution in [0.25, 0.3) is 0 Å². The van der Waals surface area contributed by atoms with Crippen LogP contribution in [0.1, 0.15) is 58.7 Å². The van der Waals surface area contributed by atoms with Crippen LogP contribution >= 0.6 is 23.6 Å². The predicted octanol–water partition coefficient (Wildman–Crippen LogP) is 4.54. The van der Waals surface area contributed by atoms with Crippen LogP contribution in [0.3, 0.4) is 0 Å². The Labute approximate surface area is 192 Å². The number of aryl methyl sites for hydroxylation is 2. The number of thiophene rings is 1. The zero-order valence-electron chi connectivity index (χ0n) is 18.3. The number of thiocarbonyl (C=S) groups is 1. The Morgan fingerprint density at radius 3 is 2.45 bits per heavy atom. The summed E-state index contributed by atoms with van der Waals surface area (Å²) in [4.78, 5) is 26.9. The van der Waals surface area contributed by atoms with Crippen molar-refractivity contribution in [2.24, 2.45) is 0 Å². The van der Waals surface area contributed by atoms with Gasteiger partial charge in [0.25, 0.3) is 5.91 Å². The highest BCUT2D eigenvalue weighted by atomic mass is 32.1. The molecule has 0 radical (unpaired) electrons. The Bertz CT molecular complexity index is 1050. The molecule has 0 saturated heterocycles. The van der Waals surface area contributed by atoms with E-state index in [9.17, 15) is 9.59 Å². The van der Waals surface area contributed by atoms with Gasteiger partial charge in [-0.25, -0.2) is 4.79 Å². The highest BCUT2D eigenvalue weighted by Gasteiger charge is 2.31. The van der Waals surface area contributed by atoms with E-state index in [4.69, 9.17) is 17.0 Å². The lowest BCUT2D eigenvalue weighted by Gasteiger charge is -2.30. The number of benzene rings is 1. The number of hydrogen-bond donors (Lipinski definition) is 3. The zero-order valence-corrected chi connectivity index (χ0v) is 20.0. The van der Waals surface area contributed by atoms with E-state index in [-0.39, 0.29) is 12.5 Å². The van der Waals surface area contributed by atoms with E-state index in [0.29, 0.717) is 26.9 Å². The van der Waals surface area contributed by atoms with Crippen LogP contribution in [0.2, 0.25) is 0 Å². The number of amides is 1. The maximum absolute atomic E-state index is 13.4. The normalized spacial score (nSPS) is 15.9. The largest absolute Gasteiger partial charge is 0.462 e. The molecule has 0 aliphatic carbocycles. The number of anilines is 1. The maximum Gasteiger partial charge on any atom is 0.341 e. The molecule has 2 aromatic rings. The van der Waals surface area contributed by atoms with Gasteiger partial charge in [0.05, 0.1) is 23.8 Å². The molecule has 1 aliphatic rings. The second-order valence-electron chi connectivity index (χ2n) is 7.33. The predicted molar refractivity (Wildman–Crippen MR) is 129 cm³/mol. The summed E-state index contributed by atoms with van der Waals surface area (Å²) in [5, 5.41) is 10.2. The van der Waals surface area contributed by atoms with E-state index in [2.05, 4.69) is 35.0 Å². The van der Waals surface area contributed by atoms with Crippen LogP contribution in [-0.4, -0.2) is 23.6 Å². The minimum atomic E-state index is -0.432. The standard InChI is InChI=1S/C23H27N3O3S2/c1-6-15-8-10-16(11-9-15)19-18(13(4)24-23(30)25-19)20(27)26-21-17(22(28)29-7-2)12(3)14(5)31-21/h8-11,19H,6-7H2,1-5H3,(H,26,27)(H2,24,25,30)/t19-/m1/s1. The number of nitrogens with one attached hydrogen (secondary N) is 3. The quantitative estimate of drug-likeness (QED) is 0.437. The van der Waals surface area contributed by atoms with E-state index in [0.717, 1.165) is 22.4 Å². The first kappa shape index (κ1) is 23.0. The van der Waals surface area contributed by atoms with Gasteiger partial charge in [-0.15, -0.1) is 11.3 Å². The van der Waals surface area contributed by atoms with Crippen molar-refractivity contribution >= 4 is 45.5 Å². The van der Waals surface area contributed by atoms with Crippen molar-refractivity contribution in [3.8, 4) is 0 Å². The molecule has 31 heavy (non-hydrogen) atoms. The van der Waals surface area contributed by atoms with Crippen LogP contribution in [0.5, 0.6) is 0 Å². The van der Waals surface area contributed by atoms with Gasteiger partial charge in [-0.2, -0.15) is 0 Å². The van der Waals surface area contributed by atoms with Crippen molar-refractivity contribution in [3.05, 3.63) is 62.7 Å².